The summed E-state index contributed by atoms with van der Waals surface area (Å²) in [5.41, 5.74) is 1.81. The number of hydrogen-bond donors (Lipinski definition) is 1. The Labute approximate surface area is 214 Å². The van der Waals surface area contributed by atoms with Crippen LogP contribution >= 0.6 is 0 Å². The van der Waals surface area contributed by atoms with Gasteiger partial charge in [0, 0.05) is 12.1 Å². The van der Waals surface area contributed by atoms with E-state index in [1.54, 1.807) is 49.6 Å². The van der Waals surface area contributed by atoms with E-state index in [-0.39, 0.29) is 30.8 Å². The van der Waals surface area contributed by atoms with Crippen molar-refractivity contribution in [3.05, 3.63) is 89.0 Å². The number of rotatable bonds is 7. The highest BCUT2D eigenvalue weighted by molar-refractivity contribution is 6.46. The minimum atomic E-state index is -0.815. The van der Waals surface area contributed by atoms with Crippen LogP contribution < -0.4 is 18.9 Å². The van der Waals surface area contributed by atoms with Crippen LogP contribution in [0.1, 0.15) is 36.6 Å². The van der Waals surface area contributed by atoms with E-state index >= 15 is 0 Å². The quantitative estimate of drug-likeness (QED) is 0.281. The first-order chi connectivity index (χ1) is 17.9. The predicted octanol–water partition coefficient (Wildman–Crippen LogP) is 4.83. The molecule has 3 aromatic rings. The molecule has 8 heteroatoms. The smallest absolute Gasteiger partial charge is 0.295 e. The van der Waals surface area contributed by atoms with Crippen LogP contribution in [0.5, 0.6) is 23.0 Å². The van der Waals surface area contributed by atoms with Crippen molar-refractivity contribution in [2.75, 3.05) is 13.9 Å². The Morgan fingerprint density at radius 2 is 1.76 bits per heavy atom. The first-order valence-electron chi connectivity index (χ1n) is 11.9. The number of benzene rings is 3. The molecule has 0 spiro atoms. The molecule has 0 bridgehead atoms. The molecule has 0 saturated carbocycles. The second kappa shape index (κ2) is 9.89. The third-order valence-electron chi connectivity index (χ3n) is 6.24. The zero-order valence-corrected chi connectivity index (χ0v) is 20.8. The lowest BCUT2D eigenvalue weighted by Gasteiger charge is -2.26. The molecule has 37 heavy (non-hydrogen) atoms. The number of likely N-dealkylation sites (tertiary alicyclic amines) is 1. The Balaban J connectivity index is 1.60. The SMILES string of the molecule is COc1cccc(CN2C(=O)C(=O)/C(=C(\O)c3ccc4c(c3)OCO4)C2c2ccc(OC(C)C)cc2)c1. The van der Waals surface area contributed by atoms with Gasteiger partial charge in [-0.3, -0.25) is 9.59 Å². The third-order valence-corrected chi connectivity index (χ3v) is 6.24. The molecule has 3 aromatic carbocycles. The minimum absolute atomic E-state index is 0.00397. The minimum Gasteiger partial charge on any atom is -0.507 e. The van der Waals surface area contributed by atoms with Crippen molar-refractivity contribution in [3.63, 3.8) is 0 Å². The first kappa shape index (κ1) is 24.2. The van der Waals surface area contributed by atoms with Crippen molar-refractivity contribution in [2.24, 2.45) is 0 Å². The molecule has 1 atom stereocenters. The van der Waals surface area contributed by atoms with Gasteiger partial charge < -0.3 is 29.0 Å². The molecule has 2 heterocycles. The summed E-state index contributed by atoms with van der Waals surface area (Å²) >= 11 is 0. The maximum Gasteiger partial charge on any atom is 0.295 e. The molecule has 0 radical (unpaired) electrons. The summed E-state index contributed by atoms with van der Waals surface area (Å²) in [6.45, 7) is 4.09. The number of carbonyl (C=O) groups excluding carboxylic acids is 2. The fourth-order valence-electron chi connectivity index (χ4n) is 4.56. The lowest BCUT2D eigenvalue weighted by molar-refractivity contribution is -0.140. The summed E-state index contributed by atoms with van der Waals surface area (Å²) in [4.78, 5) is 28.1. The molecule has 0 aliphatic carbocycles. The number of nitrogens with zero attached hydrogens (tertiary/aromatic N) is 1. The Kier molecular flexibility index (Phi) is 6.48. The molecule has 1 fully saturated rings. The van der Waals surface area contributed by atoms with Crippen LogP contribution in [0.3, 0.4) is 0 Å². The number of methoxy groups -OCH3 is 1. The van der Waals surface area contributed by atoms with E-state index in [0.29, 0.717) is 34.1 Å². The maximum absolute atomic E-state index is 13.4. The van der Waals surface area contributed by atoms with E-state index in [2.05, 4.69) is 0 Å². The first-order valence-corrected chi connectivity index (χ1v) is 11.9. The van der Waals surface area contributed by atoms with Crippen LogP contribution in [-0.2, 0) is 16.1 Å². The Morgan fingerprint density at radius 1 is 1.00 bits per heavy atom. The molecule has 5 rings (SSSR count). The monoisotopic (exact) mass is 501 g/mol. The topological polar surface area (TPSA) is 94.5 Å². The average molecular weight is 502 g/mol. The van der Waals surface area contributed by atoms with E-state index in [9.17, 15) is 14.7 Å². The van der Waals surface area contributed by atoms with Gasteiger partial charge in [0.05, 0.1) is 24.8 Å². The number of aliphatic hydroxyl groups excluding tert-OH is 1. The number of Topliss-reactive ketones (excluding diaryl/α,β-unsaturated/α-hetero) is 1. The molecule has 8 nitrogen and oxygen atoms in total. The Bertz CT molecular complexity index is 1380. The molecule has 1 unspecified atom stereocenters. The van der Waals surface area contributed by atoms with E-state index in [1.807, 2.05) is 38.1 Å². The number of hydrogen-bond acceptors (Lipinski definition) is 7. The van der Waals surface area contributed by atoms with Crippen LogP contribution in [0.4, 0.5) is 0 Å². The lowest BCUT2D eigenvalue weighted by Crippen LogP contribution is -2.29. The number of ketones is 1. The number of aliphatic hydroxyl groups is 1. The second-order valence-corrected chi connectivity index (χ2v) is 9.08. The molecule has 2 aliphatic heterocycles. The third kappa shape index (κ3) is 4.70. The fraction of sp³-hybridized carbons (Fsp3) is 0.241. The highest BCUT2D eigenvalue weighted by Gasteiger charge is 2.46. The van der Waals surface area contributed by atoms with Crippen molar-refractivity contribution >= 4 is 17.4 Å². The van der Waals surface area contributed by atoms with Gasteiger partial charge in [-0.15, -0.1) is 0 Å². The van der Waals surface area contributed by atoms with Crippen molar-refractivity contribution < 1.29 is 33.6 Å². The summed E-state index contributed by atoms with van der Waals surface area (Å²) in [6, 6.07) is 18.6. The van der Waals surface area contributed by atoms with Crippen molar-refractivity contribution in [1.29, 1.82) is 0 Å². The molecule has 1 amide bonds. The molecule has 190 valence electrons. The average Bonchev–Trinajstić information content (AvgIpc) is 3.46. The van der Waals surface area contributed by atoms with Gasteiger partial charge in [0.25, 0.3) is 11.7 Å². The van der Waals surface area contributed by atoms with Gasteiger partial charge in [-0.2, -0.15) is 0 Å². The van der Waals surface area contributed by atoms with Crippen molar-refractivity contribution in [1.82, 2.24) is 4.90 Å². The van der Waals surface area contributed by atoms with Crippen LogP contribution in [0.15, 0.2) is 72.3 Å². The number of fused-ring (bicyclic) bond motifs is 1. The Hall–Kier alpha value is -4.46. The highest BCUT2D eigenvalue weighted by atomic mass is 16.7. The number of ether oxygens (including phenoxy) is 4. The van der Waals surface area contributed by atoms with Crippen LogP contribution in [0, 0.1) is 0 Å². The molecular formula is C29H27NO7. The van der Waals surface area contributed by atoms with Gasteiger partial charge >= 0.3 is 0 Å². The van der Waals surface area contributed by atoms with Crippen molar-refractivity contribution in [2.45, 2.75) is 32.5 Å². The number of carbonyl (C=O) groups is 2. The zero-order chi connectivity index (χ0) is 26.1. The molecule has 1 N–H and O–H groups in total. The van der Waals surface area contributed by atoms with Gasteiger partial charge in [0.2, 0.25) is 6.79 Å². The largest absolute Gasteiger partial charge is 0.507 e. The second-order valence-electron chi connectivity index (χ2n) is 9.08. The normalized spacial score (nSPS) is 17.9. The molecule has 1 saturated heterocycles. The van der Waals surface area contributed by atoms with Crippen LogP contribution in [0.2, 0.25) is 0 Å². The van der Waals surface area contributed by atoms with Crippen LogP contribution in [0.25, 0.3) is 5.76 Å². The molecule has 2 aliphatic rings. The zero-order valence-electron chi connectivity index (χ0n) is 20.8. The van der Waals surface area contributed by atoms with E-state index in [4.69, 9.17) is 18.9 Å². The van der Waals surface area contributed by atoms with Crippen LogP contribution in [-0.4, -0.2) is 41.7 Å². The summed E-state index contributed by atoms with van der Waals surface area (Å²) in [6.07, 6.45) is -0.00412. The van der Waals surface area contributed by atoms with E-state index in [1.165, 1.54) is 4.90 Å². The van der Waals surface area contributed by atoms with Gasteiger partial charge in [-0.05, 0) is 67.4 Å². The fourth-order valence-corrected chi connectivity index (χ4v) is 4.56. The van der Waals surface area contributed by atoms with Gasteiger partial charge in [0.15, 0.2) is 11.5 Å². The van der Waals surface area contributed by atoms with Crippen molar-refractivity contribution in [3.8, 4) is 23.0 Å². The van der Waals surface area contributed by atoms with Gasteiger partial charge in [-0.25, -0.2) is 0 Å². The summed E-state index contributed by atoms with van der Waals surface area (Å²) < 4.78 is 21.9. The summed E-state index contributed by atoms with van der Waals surface area (Å²) in [5, 5.41) is 11.3. The molecule has 0 aromatic heterocycles. The van der Waals surface area contributed by atoms with E-state index < -0.39 is 17.7 Å². The Morgan fingerprint density at radius 3 is 2.49 bits per heavy atom. The standard InChI is InChI=1S/C29H27NO7/c1-17(2)37-21-10-7-19(8-11-21)26-25(27(31)20-9-12-23-24(14-20)36-16-35-23)28(32)29(33)30(26)15-18-5-4-6-22(13-18)34-3/h4-14,17,26,31H,15-16H2,1-3H3/b27-25-. The summed E-state index contributed by atoms with van der Waals surface area (Å²) in [5.74, 6) is 0.578. The predicted molar refractivity (Wildman–Crippen MR) is 136 cm³/mol. The van der Waals surface area contributed by atoms with Gasteiger partial charge in [-0.1, -0.05) is 24.3 Å². The van der Waals surface area contributed by atoms with E-state index in [0.717, 1.165) is 5.56 Å². The molecular weight excluding hydrogens is 474 g/mol. The van der Waals surface area contributed by atoms with Gasteiger partial charge in [0.1, 0.15) is 17.3 Å². The summed E-state index contributed by atoms with van der Waals surface area (Å²) in [7, 11) is 1.57. The number of amides is 1. The maximum atomic E-state index is 13.4. The highest BCUT2D eigenvalue weighted by Crippen LogP contribution is 2.42. The lowest BCUT2D eigenvalue weighted by atomic mass is 9.95.